The highest BCUT2D eigenvalue weighted by atomic mass is 127. The van der Waals surface area contributed by atoms with E-state index in [2.05, 4.69) is 55.6 Å². The Balaban J connectivity index is 2.70. The van der Waals surface area contributed by atoms with Gasteiger partial charge >= 0.3 is 5.69 Å². The molecule has 0 saturated carbocycles. The minimum absolute atomic E-state index is 0.241. The zero-order valence-corrected chi connectivity index (χ0v) is 12.0. The highest BCUT2D eigenvalue weighted by molar-refractivity contribution is 14.1. The number of hydrogen-bond acceptors (Lipinski definition) is 3. The zero-order valence-electron chi connectivity index (χ0n) is 7.69. The summed E-state index contributed by atoms with van der Waals surface area (Å²) in [4.78, 5) is 11.6. The monoisotopic (exact) mass is 428 g/mol. The summed E-state index contributed by atoms with van der Waals surface area (Å²) in [6.07, 6.45) is 0. The molecule has 1 aromatic carbocycles. The molecule has 0 aliphatic carbocycles. The molecule has 1 aromatic heterocycles. The van der Waals surface area contributed by atoms with Gasteiger partial charge in [-0.1, -0.05) is 6.07 Å². The van der Waals surface area contributed by atoms with E-state index in [4.69, 9.17) is 0 Å². The molecular weight excluding hydrogens is 422 g/mol. The molecule has 0 radical (unpaired) electrons. The van der Waals surface area contributed by atoms with Gasteiger partial charge in [0, 0.05) is 10.6 Å². The largest absolute Gasteiger partial charge is 0.368 e. The van der Waals surface area contributed by atoms with Gasteiger partial charge in [0.05, 0.1) is 9.26 Å². The number of aryl methyl sites for hydroxylation is 1. The Kier molecular flexibility index (Phi) is 3.09. The summed E-state index contributed by atoms with van der Waals surface area (Å²) in [6, 6.07) is 5.72. The highest BCUT2D eigenvalue weighted by Gasteiger charge is 2.10. The molecule has 2 aromatic rings. The third-order valence-corrected chi connectivity index (χ3v) is 4.95. The molecule has 2 rings (SSSR count). The van der Waals surface area contributed by atoms with Crippen molar-refractivity contribution >= 4 is 45.2 Å². The first-order valence-corrected chi connectivity index (χ1v) is 6.20. The van der Waals surface area contributed by atoms with Crippen LogP contribution in [-0.4, -0.2) is 19.8 Å². The van der Waals surface area contributed by atoms with Crippen molar-refractivity contribution in [1.82, 2.24) is 19.8 Å². The number of benzene rings is 1. The van der Waals surface area contributed by atoms with E-state index in [1.165, 1.54) is 9.36 Å². The molecule has 0 spiro atoms. The maximum Gasteiger partial charge on any atom is 0.368 e. The van der Waals surface area contributed by atoms with Crippen molar-refractivity contribution in [1.29, 1.82) is 0 Å². The summed E-state index contributed by atoms with van der Waals surface area (Å²) in [5.41, 5.74) is 0.524. The number of tetrazole rings is 1. The average molecular weight is 428 g/mol. The summed E-state index contributed by atoms with van der Waals surface area (Å²) < 4.78 is 4.58. The minimum Gasteiger partial charge on any atom is -0.244 e. The van der Waals surface area contributed by atoms with Crippen molar-refractivity contribution in [2.45, 2.75) is 0 Å². The standard InChI is InChI=1S/C8H6I2N4O/c1-13-8(15)14(12-11-13)6-4-2-3-5(9)7(6)10/h2-4H,1H3. The van der Waals surface area contributed by atoms with Gasteiger partial charge in [0.25, 0.3) is 0 Å². The molecule has 0 bridgehead atoms. The Morgan fingerprint density at radius 3 is 2.60 bits per heavy atom. The van der Waals surface area contributed by atoms with Gasteiger partial charge in [0.2, 0.25) is 0 Å². The molecule has 15 heavy (non-hydrogen) atoms. The van der Waals surface area contributed by atoms with Gasteiger partial charge in [0.15, 0.2) is 0 Å². The first-order chi connectivity index (χ1) is 7.11. The minimum atomic E-state index is -0.241. The van der Waals surface area contributed by atoms with E-state index in [0.29, 0.717) is 0 Å². The predicted molar refractivity (Wildman–Crippen MR) is 72.0 cm³/mol. The second-order valence-electron chi connectivity index (χ2n) is 2.87. The highest BCUT2D eigenvalue weighted by Crippen LogP contribution is 2.20. The fourth-order valence-electron chi connectivity index (χ4n) is 1.12. The van der Waals surface area contributed by atoms with Crippen LogP contribution in [0.5, 0.6) is 0 Å². The summed E-state index contributed by atoms with van der Waals surface area (Å²) in [7, 11) is 1.58. The van der Waals surface area contributed by atoms with Crippen LogP contribution in [-0.2, 0) is 7.05 Å². The Bertz CT molecular complexity index is 560. The lowest BCUT2D eigenvalue weighted by atomic mass is 10.3. The average Bonchev–Trinajstić information content (AvgIpc) is 2.53. The van der Waals surface area contributed by atoms with E-state index >= 15 is 0 Å². The maximum absolute atomic E-state index is 11.6. The van der Waals surface area contributed by atoms with E-state index in [1.54, 1.807) is 7.05 Å². The van der Waals surface area contributed by atoms with Crippen molar-refractivity contribution in [3.63, 3.8) is 0 Å². The van der Waals surface area contributed by atoms with Crippen LogP contribution in [0.3, 0.4) is 0 Å². The fourth-order valence-corrected chi connectivity index (χ4v) is 2.19. The Morgan fingerprint density at radius 1 is 1.27 bits per heavy atom. The van der Waals surface area contributed by atoms with Gasteiger partial charge < -0.3 is 0 Å². The molecule has 5 nitrogen and oxygen atoms in total. The van der Waals surface area contributed by atoms with E-state index in [0.717, 1.165) is 12.8 Å². The zero-order chi connectivity index (χ0) is 11.0. The van der Waals surface area contributed by atoms with Crippen LogP contribution in [0.2, 0.25) is 0 Å². The van der Waals surface area contributed by atoms with Crippen LogP contribution in [0.25, 0.3) is 5.69 Å². The van der Waals surface area contributed by atoms with Crippen LogP contribution in [0.15, 0.2) is 23.0 Å². The molecule has 0 unspecified atom stereocenters. The van der Waals surface area contributed by atoms with Crippen molar-refractivity contribution in [3.05, 3.63) is 35.8 Å². The first-order valence-electron chi connectivity index (χ1n) is 4.04. The normalized spacial score (nSPS) is 10.6. The molecule has 0 atom stereocenters. The lowest BCUT2D eigenvalue weighted by Crippen LogP contribution is -2.22. The van der Waals surface area contributed by atoms with Gasteiger partial charge in [-0.2, -0.15) is 9.36 Å². The second-order valence-corrected chi connectivity index (χ2v) is 5.11. The quantitative estimate of drug-likeness (QED) is 0.642. The number of nitrogens with zero attached hydrogens (tertiary/aromatic N) is 4. The smallest absolute Gasteiger partial charge is 0.244 e. The molecule has 0 saturated heterocycles. The van der Waals surface area contributed by atoms with Gasteiger partial charge in [-0.05, 0) is 67.7 Å². The topological polar surface area (TPSA) is 52.7 Å². The fraction of sp³-hybridized carbons (Fsp3) is 0.125. The predicted octanol–water partition coefficient (Wildman–Crippen LogP) is 1.18. The Hall–Kier alpha value is -0.450. The first kappa shape index (κ1) is 11.0. The number of hydrogen-bond donors (Lipinski definition) is 0. The van der Waals surface area contributed by atoms with Crippen molar-refractivity contribution in [2.24, 2.45) is 7.05 Å². The van der Waals surface area contributed by atoms with Gasteiger partial charge in [-0.15, -0.1) is 0 Å². The van der Waals surface area contributed by atoms with Crippen molar-refractivity contribution in [3.8, 4) is 5.69 Å². The van der Waals surface area contributed by atoms with Crippen LogP contribution in [0.1, 0.15) is 0 Å². The van der Waals surface area contributed by atoms with Gasteiger partial charge in [0.1, 0.15) is 0 Å². The molecule has 78 valence electrons. The Labute approximate surface area is 113 Å². The van der Waals surface area contributed by atoms with E-state index in [1.807, 2.05) is 18.2 Å². The van der Waals surface area contributed by atoms with E-state index < -0.39 is 0 Å². The van der Waals surface area contributed by atoms with Gasteiger partial charge in [-0.3, -0.25) is 0 Å². The summed E-state index contributed by atoms with van der Waals surface area (Å²) in [5.74, 6) is 0. The van der Waals surface area contributed by atoms with E-state index in [9.17, 15) is 4.79 Å². The second kappa shape index (κ2) is 4.20. The molecule has 7 heteroatoms. The van der Waals surface area contributed by atoms with Crippen LogP contribution < -0.4 is 5.69 Å². The lowest BCUT2D eigenvalue weighted by molar-refractivity contribution is 0.692. The molecule has 0 fully saturated rings. The van der Waals surface area contributed by atoms with Crippen LogP contribution >= 0.6 is 45.2 Å². The third kappa shape index (κ3) is 1.94. The third-order valence-electron chi connectivity index (χ3n) is 1.88. The number of rotatable bonds is 1. The van der Waals surface area contributed by atoms with E-state index in [-0.39, 0.29) is 5.69 Å². The number of aromatic nitrogens is 4. The molecule has 0 aliphatic rings. The van der Waals surface area contributed by atoms with Crippen molar-refractivity contribution in [2.75, 3.05) is 0 Å². The molecule has 0 N–H and O–H groups in total. The Morgan fingerprint density at radius 2 is 2.00 bits per heavy atom. The number of halogens is 2. The molecule has 1 heterocycles. The maximum atomic E-state index is 11.6. The molecule has 0 aliphatic heterocycles. The molecule has 0 amide bonds. The lowest BCUT2D eigenvalue weighted by Gasteiger charge is -2.03. The SMILES string of the molecule is Cn1nnn(-c2cccc(I)c2I)c1=O. The summed E-state index contributed by atoms with van der Waals surface area (Å²) in [6.45, 7) is 0. The van der Waals surface area contributed by atoms with Gasteiger partial charge in [-0.25, -0.2) is 4.79 Å². The summed E-state index contributed by atoms with van der Waals surface area (Å²) >= 11 is 4.41. The van der Waals surface area contributed by atoms with Crippen LogP contribution in [0, 0.1) is 7.14 Å². The molecular formula is C8H6I2N4O. The van der Waals surface area contributed by atoms with Crippen molar-refractivity contribution < 1.29 is 0 Å². The van der Waals surface area contributed by atoms with Crippen LogP contribution in [0.4, 0.5) is 0 Å². The summed E-state index contributed by atoms with van der Waals surface area (Å²) in [5, 5.41) is 7.47.